The van der Waals surface area contributed by atoms with Crippen LogP contribution in [0.5, 0.6) is 0 Å². The van der Waals surface area contributed by atoms with Crippen molar-refractivity contribution in [2.45, 2.75) is 20.4 Å². The third kappa shape index (κ3) is 2.72. The number of nitrogens with zero attached hydrogens (tertiary/aromatic N) is 2. The van der Waals surface area contributed by atoms with E-state index in [4.69, 9.17) is 0 Å². The Morgan fingerprint density at radius 1 is 1.48 bits per heavy atom. The number of amides is 1. The summed E-state index contributed by atoms with van der Waals surface area (Å²) in [4.78, 5) is 42.5. The first kappa shape index (κ1) is 15.0. The van der Waals surface area contributed by atoms with E-state index in [1.165, 1.54) is 15.9 Å². The van der Waals surface area contributed by atoms with Crippen LogP contribution in [0.25, 0.3) is 0 Å². The molecule has 2 heterocycles. The van der Waals surface area contributed by atoms with Gasteiger partial charge in [-0.3, -0.25) is 19.1 Å². The Bertz CT molecular complexity index is 753. The number of carbonyl (C=O) groups excluding carboxylic acids is 1. The summed E-state index contributed by atoms with van der Waals surface area (Å²) in [5, 5.41) is 5.32. The zero-order chi connectivity index (χ0) is 15.6. The lowest BCUT2D eigenvalue weighted by molar-refractivity contribution is 0.102. The van der Waals surface area contributed by atoms with Crippen molar-refractivity contribution in [3.8, 4) is 0 Å². The number of aromatic nitrogens is 3. The molecule has 0 aliphatic heterocycles. The number of H-pyrrole nitrogens is 1. The highest BCUT2D eigenvalue weighted by molar-refractivity contribution is 7.12. The third-order valence-electron chi connectivity index (χ3n) is 2.95. The summed E-state index contributed by atoms with van der Waals surface area (Å²) in [6.07, 6.45) is 0. The van der Waals surface area contributed by atoms with Gasteiger partial charge in [-0.25, -0.2) is 9.78 Å². The van der Waals surface area contributed by atoms with E-state index >= 15 is 0 Å². The molecule has 0 unspecified atom stereocenters. The summed E-state index contributed by atoms with van der Waals surface area (Å²) in [7, 11) is 1.54. The highest BCUT2D eigenvalue weighted by Gasteiger charge is 2.18. The Labute approximate surface area is 123 Å². The Morgan fingerprint density at radius 2 is 2.19 bits per heavy atom. The molecule has 2 aromatic heterocycles. The molecule has 0 atom stereocenters. The number of aromatic amines is 1. The number of thiazole rings is 1. The fourth-order valence-corrected chi connectivity index (χ4v) is 2.62. The van der Waals surface area contributed by atoms with Crippen molar-refractivity contribution in [2.75, 3.05) is 17.7 Å². The molecule has 0 spiro atoms. The maximum atomic E-state index is 12.3. The molecule has 0 saturated heterocycles. The Balaban J connectivity index is 2.53. The van der Waals surface area contributed by atoms with Crippen molar-refractivity contribution in [1.29, 1.82) is 0 Å². The third-order valence-corrected chi connectivity index (χ3v) is 3.88. The van der Waals surface area contributed by atoms with E-state index in [0.717, 1.165) is 0 Å². The van der Waals surface area contributed by atoms with Crippen LogP contribution in [0.2, 0.25) is 0 Å². The molecule has 2 rings (SSSR count). The summed E-state index contributed by atoms with van der Waals surface area (Å²) >= 11 is 1.20. The van der Waals surface area contributed by atoms with Crippen molar-refractivity contribution >= 4 is 28.7 Å². The predicted molar refractivity (Wildman–Crippen MR) is 81.3 cm³/mol. The first-order valence-electron chi connectivity index (χ1n) is 6.25. The molecule has 0 fully saturated rings. The van der Waals surface area contributed by atoms with Gasteiger partial charge in [-0.1, -0.05) is 0 Å². The fourth-order valence-electron chi connectivity index (χ4n) is 1.92. The van der Waals surface area contributed by atoms with Crippen molar-refractivity contribution in [1.82, 2.24) is 14.5 Å². The molecule has 9 heteroatoms. The molecule has 112 valence electrons. The number of hydrogen-bond acceptors (Lipinski definition) is 6. The predicted octanol–water partition coefficient (Wildman–Crippen LogP) is 0.615. The van der Waals surface area contributed by atoms with Gasteiger partial charge in [-0.15, -0.1) is 11.3 Å². The average Bonchev–Trinajstić information content (AvgIpc) is 2.85. The first-order valence-corrected chi connectivity index (χ1v) is 7.13. The van der Waals surface area contributed by atoms with Gasteiger partial charge in [0.1, 0.15) is 16.4 Å². The van der Waals surface area contributed by atoms with Gasteiger partial charge in [0.15, 0.2) is 0 Å². The summed E-state index contributed by atoms with van der Waals surface area (Å²) in [6, 6.07) is 0. The number of carbonyl (C=O) groups is 1. The van der Waals surface area contributed by atoms with Crippen LogP contribution in [0.3, 0.4) is 0 Å². The highest BCUT2D eigenvalue weighted by atomic mass is 32.1. The van der Waals surface area contributed by atoms with Gasteiger partial charge in [0.2, 0.25) is 0 Å². The second kappa shape index (κ2) is 5.92. The summed E-state index contributed by atoms with van der Waals surface area (Å²) in [5.74, 6) is -0.259. The SMILES string of the molecule is CCn1c(NC(=O)c2scnc2C)c(NC)c(=O)[nH]c1=O. The van der Waals surface area contributed by atoms with Crippen LogP contribution in [0.4, 0.5) is 11.5 Å². The molecule has 0 radical (unpaired) electrons. The van der Waals surface area contributed by atoms with Gasteiger partial charge in [-0.05, 0) is 13.8 Å². The van der Waals surface area contributed by atoms with Gasteiger partial charge in [0.05, 0.1) is 11.2 Å². The van der Waals surface area contributed by atoms with E-state index in [-0.39, 0.29) is 11.5 Å². The molecule has 3 N–H and O–H groups in total. The molecule has 8 nitrogen and oxygen atoms in total. The number of aryl methyl sites for hydroxylation is 1. The second-order valence-corrected chi connectivity index (χ2v) is 5.05. The molecule has 0 bridgehead atoms. The van der Waals surface area contributed by atoms with Crippen LogP contribution in [0.15, 0.2) is 15.1 Å². The second-order valence-electron chi connectivity index (χ2n) is 4.20. The number of nitrogens with one attached hydrogen (secondary N) is 3. The van der Waals surface area contributed by atoms with Gasteiger partial charge in [0.25, 0.3) is 11.5 Å². The maximum absolute atomic E-state index is 12.3. The van der Waals surface area contributed by atoms with Crippen molar-refractivity contribution in [3.05, 3.63) is 36.9 Å². The lowest BCUT2D eigenvalue weighted by Gasteiger charge is -2.15. The standard InChI is InChI=1S/C12H15N5O3S/c1-4-17-9(7(13-3)10(18)16-12(17)20)15-11(19)8-6(2)14-5-21-8/h5,13H,4H2,1-3H3,(H,15,19)(H,16,18,20). The molecular formula is C12H15N5O3S. The van der Waals surface area contributed by atoms with Crippen LogP contribution in [0, 0.1) is 6.92 Å². The van der Waals surface area contributed by atoms with E-state index in [2.05, 4.69) is 20.6 Å². The van der Waals surface area contributed by atoms with Gasteiger partial charge >= 0.3 is 5.69 Å². The lowest BCUT2D eigenvalue weighted by atomic mass is 10.3. The minimum Gasteiger partial charge on any atom is -0.381 e. The minimum atomic E-state index is -0.580. The topological polar surface area (TPSA) is 109 Å². The highest BCUT2D eigenvalue weighted by Crippen LogP contribution is 2.18. The summed E-state index contributed by atoms with van der Waals surface area (Å²) in [5.41, 5.74) is 1.14. The van der Waals surface area contributed by atoms with Gasteiger partial charge in [0, 0.05) is 13.6 Å². The molecule has 21 heavy (non-hydrogen) atoms. The van der Waals surface area contributed by atoms with E-state index in [1.807, 2.05) is 0 Å². The van der Waals surface area contributed by atoms with E-state index < -0.39 is 17.2 Å². The van der Waals surface area contributed by atoms with Crippen LogP contribution < -0.4 is 21.9 Å². The lowest BCUT2D eigenvalue weighted by Crippen LogP contribution is -2.34. The minimum absolute atomic E-state index is 0.131. The number of hydrogen-bond donors (Lipinski definition) is 3. The molecule has 0 aliphatic rings. The van der Waals surface area contributed by atoms with Crippen LogP contribution in [-0.2, 0) is 6.54 Å². The maximum Gasteiger partial charge on any atom is 0.330 e. The van der Waals surface area contributed by atoms with Crippen molar-refractivity contribution in [3.63, 3.8) is 0 Å². The van der Waals surface area contributed by atoms with E-state index in [0.29, 0.717) is 17.1 Å². The zero-order valence-corrected chi connectivity index (χ0v) is 12.6. The first-order chi connectivity index (χ1) is 9.99. The molecule has 1 amide bonds. The van der Waals surface area contributed by atoms with E-state index in [1.54, 1.807) is 26.4 Å². The van der Waals surface area contributed by atoms with Crippen molar-refractivity contribution in [2.24, 2.45) is 0 Å². The number of rotatable bonds is 4. The largest absolute Gasteiger partial charge is 0.381 e. The summed E-state index contributed by atoms with van der Waals surface area (Å²) < 4.78 is 1.28. The van der Waals surface area contributed by atoms with Gasteiger partial charge in [-0.2, -0.15) is 0 Å². The molecule has 2 aromatic rings. The Morgan fingerprint density at radius 3 is 2.71 bits per heavy atom. The average molecular weight is 309 g/mol. The van der Waals surface area contributed by atoms with Crippen molar-refractivity contribution < 1.29 is 4.79 Å². The van der Waals surface area contributed by atoms with Crippen LogP contribution >= 0.6 is 11.3 Å². The Hall–Kier alpha value is -2.42. The van der Waals surface area contributed by atoms with Crippen LogP contribution in [0.1, 0.15) is 22.3 Å². The van der Waals surface area contributed by atoms with E-state index in [9.17, 15) is 14.4 Å². The normalized spacial score (nSPS) is 10.4. The Kier molecular flexibility index (Phi) is 4.22. The molecule has 0 saturated carbocycles. The smallest absolute Gasteiger partial charge is 0.330 e. The quantitative estimate of drug-likeness (QED) is 0.767. The zero-order valence-electron chi connectivity index (χ0n) is 11.8. The molecule has 0 aliphatic carbocycles. The molecule has 0 aromatic carbocycles. The summed E-state index contributed by atoms with van der Waals surface area (Å²) in [6.45, 7) is 3.77. The fraction of sp³-hybridized carbons (Fsp3) is 0.333. The molecular weight excluding hydrogens is 294 g/mol. The monoisotopic (exact) mass is 309 g/mol. The number of anilines is 2. The van der Waals surface area contributed by atoms with Gasteiger partial charge < -0.3 is 10.6 Å². The van der Waals surface area contributed by atoms with Crippen LogP contribution in [-0.4, -0.2) is 27.5 Å².